The summed E-state index contributed by atoms with van der Waals surface area (Å²) >= 11 is 5.70. The van der Waals surface area contributed by atoms with E-state index in [1.54, 1.807) is 0 Å². The zero-order valence-corrected chi connectivity index (χ0v) is 9.72. The minimum atomic E-state index is 0.473. The van der Waals surface area contributed by atoms with Crippen LogP contribution in [0.4, 0.5) is 0 Å². The van der Waals surface area contributed by atoms with Crippen LogP contribution >= 0.6 is 11.6 Å². The molecule has 82 valence electrons. The van der Waals surface area contributed by atoms with Crippen LogP contribution in [0, 0.1) is 0 Å². The molecule has 0 aliphatic carbocycles. The van der Waals surface area contributed by atoms with Gasteiger partial charge < -0.3 is 4.74 Å². The van der Waals surface area contributed by atoms with Crippen molar-refractivity contribution in [1.29, 1.82) is 0 Å². The molecule has 2 nitrogen and oxygen atoms in total. The first-order valence-corrected chi connectivity index (χ1v) is 5.86. The summed E-state index contributed by atoms with van der Waals surface area (Å²) in [6.45, 7) is 9.98. The van der Waals surface area contributed by atoms with Gasteiger partial charge in [0.05, 0.1) is 6.10 Å². The molecule has 0 saturated carbocycles. The quantitative estimate of drug-likeness (QED) is 0.518. The predicted molar refractivity (Wildman–Crippen MR) is 60.9 cm³/mol. The van der Waals surface area contributed by atoms with Crippen LogP contribution in [0.15, 0.2) is 12.2 Å². The molecule has 3 heteroatoms. The summed E-state index contributed by atoms with van der Waals surface area (Å²) in [6.07, 6.45) is 2.76. The van der Waals surface area contributed by atoms with Gasteiger partial charge in [0, 0.05) is 32.1 Å². The van der Waals surface area contributed by atoms with Crippen molar-refractivity contribution in [3.05, 3.63) is 12.2 Å². The van der Waals surface area contributed by atoms with Crippen molar-refractivity contribution in [2.75, 3.05) is 32.1 Å². The standard InChI is InChI=1S/C11H20ClNO/c1-3-14-11-4-6-13(7-5-11)9-10(2)8-12/h11H,2-9H2,1H3. The van der Waals surface area contributed by atoms with Gasteiger partial charge in [-0.05, 0) is 25.3 Å². The van der Waals surface area contributed by atoms with E-state index in [1.807, 2.05) is 0 Å². The number of hydrogen-bond donors (Lipinski definition) is 0. The van der Waals surface area contributed by atoms with Crippen molar-refractivity contribution in [3.8, 4) is 0 Å². The fourth-order valence-corrected chi connectivity index (χ4v) is 1.91. The molecule has 0 bridgehead atoms. The Morgan fingerprint density at radius 1 is 1.50 bits per heavy atom. The van der Waals surface area contributed by atoms with Crippen molar-refractivity contribution in [3.63, 3.8) is 0 Å². The van der Waals surface area contributed by atoms with Crippen molar-refractivity contribution in [2.24, 2.45) is 0 Å². The summed E-state index contributed by atoms with van der Waals surface area (Å²) in [5.74, 6) is 0.575. The molecule has 1 saturated heterocycles. The average Bonchev–Trinajstić information content (AvgIpc) is 2.21. The number of piperidine rings is 1. The van der Waals surface area contributed by atoms with Crippen LogP contribution in [-0.4, -0.2) is 43.1 Å². The van der Waals surface area contributed by atoms with E-state index in [0.29, 0.717) is 12.0 Å². The van der Waals surface area contributed by atoms with Crippen molar-refractivity contribution < 1.29 is 4.74 Å². The zero-order chi connectivity index (χ0) is 10.4. The third kappa shape index (κ3) is 3.99. The molecule has 14 heavy (non-hydrogen) atoms. The molecule has 1 fully saturated rings. The lowest BCUT2D eigenvalue weighted by molar-refractivity contribution is 0.0163. The Balaban J connectivity index is 2.18. The molecule has 1 rings (SSSR count). The zero-order valence-electron chi connectivity index (χ0n) is 8.97. The number of ether oxygens (including phenoxy) is 1. The number of rotatable bonds is 5. The van der Waals surface area contributed by atoms with Gasteiger partial charge in [-0.1, -0.05) is 6.58 Å². The molecule has 1 aliphatic heterocycles. The van der Waals surface area contributed by atoms with E-state index in [-0.39, 0.29) is 0 Å². The number of halogens is 1. The van der Waals surface area contributed by atoms with Crippen molar-refractivity contribution in [1.82, 2.24) is 4.90 Å². The van der Waals surface area contributed by atoms with Crippen LogP contribution in [0.5, 0.6) is 0 Å². The van der Waals surface area contributed by atoms with E-state index < -0.39 is 0 Å². The van der Waals surface area contributed by atoms with Gasteiger partial charge in [0.1, 0.15) is 0 Å². The molecule has 0 aromatic heterocycles. The molecule has 0 aromatic carbocycles. The van der Waals surface area contributed by atoms with E-state index in [0.717, 1.165) is 44.7 Å². The first-order valence-electron chi connectivity index (χ1n) is 5.32. The highest BCUT2D eigenvalue weighted by Crippen LogP contribution is 2.14. The van der Waals surface area contributed by atoms with Crippen molar-refractivity contribution >= 4 is 11.6 Å². The molecule has 0 radical (unpaired) electrons. The Bertz CT molecular complexity index is 176. The summed E-state index contributed by atoms with van der Waals surface area (Å²) in [7, 11) is 0. The summed E-state index contributed by atoms with van der Waals surface area (Å²) in [4.78, 5) is 2.40. The monoisotopic (exact) mass is 217 g/mol. The van der Waals surface area contributed by atoms with Gasteiger partial charge >= 0.3 is 0 Å². The maximum absolute atomic E-state index is 5.70. The Hall–Kier alpha value is -0.0500. The highest BCUT2D eigenvalue weighted by Gasteiger charge is 2.18. The first kappa shape index (κ1) is 12.0. The predicted octanol–water partition coefficient (Wildman–Crippen LogP) is 2.28. The van der Waals surface area contributed by atoms with Crippen LogP contribution in [0.25, 0.3) is 0 Å². The van der Waals surface area contributed by atoms with Crippen LogP contribution in [-0.2, 0) is 4.74 Å². The van der Waals surface area contributed by atoms with Crippen LogP contribution in [0.2, 0.25) is 0 Å². The Labute approximate surface area is 91.9 Å². The number of likely N-dealkylation sites (tertiary alicyclic amines) is 1. The summed E-state index contributed by atoms with van der Waals surface area (Å²) in [6, 6.07) is 0. The number of hydrogen-bond acceptors (Lipinski definition) is 2. The molecule has 1 heterocycles. The largest absolute Gasteiger partial charge is 0.378 e. The third-order valence-electron chi connectivity index (χ3n) is 2.57. The topological polar surface area (TPSA) is 12.5 Å². The fourth-order valence-electron chi connectivity index (χ4n) is 1.83. The van der Waals surface area contributed by atoms with Gasteiger partial charge in [0.15, 0.2) is 0 Å². The van der Waals surface area contributed by atoms with E-state index in [4.69, 9.17) is 16.3 Å². The van der Waals surface area contributed by atoms with E-state index in [1.165, 1.54) is 0 Å². The minimum Gasteiger partial charge on any atom is -0.378 e. The normalized spacial score (nSPS) is 19.9. The second kappa shape index (κ2) is 6.44. The third-order valence-corrected chi connectivity index (χ3v) is 2.95. The lowest BCUT2D eigenvalue weighted by atomic mass is 10.1. The molecule has 0 aromatic rings. The molecular formula is C11H20ClNO. The van der Waals surface area contributed by atoms with E-state index in [2.05, 4.69) is 18.4 Å². The minimum absolute atomic E-state index is 0.473. The van der Waals surface area contributed by atoms with Gasteiger partial charge in [-0.15, -0.1) is 11.6 Å². The second-order valence-corrected chi connectivity index (χ2v) is 4.08. The summed E-state index contributed by atoms with van der Waals surface area (Å²) in [5, 5.41) is 0. The number of alkyl halides is 1. The fraction of sp³-hybridized carbons (Fsp3) is 0.818. The lowest BCUT2D eigenvalue weighted by Crippen LogP contribution is -2.38. The van der Waals surface area contributed by atoms with Gasteiger partial charge in [-0.2, -0.15) is 0 Å². The molecule has 0 unspecified atom stereocenters. The van der Waals surface area contributed by atoms with Crippen molar-refractivity contribution in [2.45, 2.75) is 25.9 Å². The average molecular weight is 218 g/mol. The lowest BCUT2D eigenvalue weighted by Gasteiger charge is -2.31. The highest BCUT2D eigenvalue weighted by atomic mass is 35.5. The van der Waals surface area contributed by atoms with Crippen LogP contribution in [0.1, 0.15) is 19.8 Å². The molecule has 0 atom stereocenters. The molecule has 0 amide bonds. The van der Waals surface area contributed by atoms with Gasteiger partial charge in [0.2, 0.25) is 0 Å². The highest BCUT2D eigenvalue weighted by molar-refractivity contribution is 6.19. The van der Waals surface area contributed by atoms with Gasteiger partial charge in [0.25, 0.3) is 0 Å². The van der Waals surface area contributed by atoms with Gasteiger partial charge in [-0.3, -0.25) is 4.90 Å². The molecule has 1 aliphatic rings. The molecule has 0 N–H and O–H groups in total. The Morgan fingerprint density at radius 3 is 2.64 bits per heavy atom. The Morgan fingerprint density at radius 2 is 2.14 bits per heavy atom. The van der Waals surface area contributed by atoms with Crippen LogP contribution < -0.4 is 0 Å². The number of nitrogens with zero attached hydrogens (tertiary/aromatic N) is 1. The van der Waals surface area contributed by atoms with Crippen LogP contribution in [0.3, 0.4) is 0 Å². The first-order chi connectivity index (χ1) is 6.76. The molecular weight excluding hydrogens is 198 g/mol. The second-order valence-electron chi connectivity index (χ2n) is 3.81. The Kier molecular flexibility index (Phi) is 5.53. The smallest absolute Gasteiger partial charge is 0.0599 e. The maximum atomic E-state index is 5.70. The van der Waals surface area contributed by atoms with E-state index >= 15 is 0 Å². The maximum Gasteiger partial charge on any atom is 0.0599 e. The van der Waals surface area contributed by atoms with Gasteiger partial charge in [-0.25, -0.2) is 0 Å². The van der Waals surface area contributed by atoms with E-state index in [9.17, 15) is 0 Å². The summed E-state index contributed by atoms with van der Waals surface area (Å²) < 4.78 is 5.59. The molecule has 0 spiro atoms. The SMILES string of the molecule is C=C(CCl)CN1CCC(OCC)CC1. The summed E-state index contributed by atoms with van der Waals surface area (Å²) in [5.41, 5.74) is 1.11.